The Hall–Kier alpha value is -0.990. The van der Waals surface area contributed by atoms with Gasteiger partial charge in [-0.3, -0.25) is 5.10 Å². The lowest BCUT2D eigenvalue weighted by Crippen LogP contribution is -2.32. The highest BCUT2D eigenvalue weighted by Crippen LogP contribution is 2.02. The largest absolute Gasteiger partial charge is 0.319 e. The number of aromatic amines is 1. The first-order valence-corrected chi connectivity index (χ1v) is 6.10. The molecular weight excluding hydrogens is 218 g/mol. The normalized spacial score (nSPS) is 12.2. The summed E-state index contributed by atoms with van der Waals surface area (Å²) >= 11 is 0. The maximum Gasteiger partial charge on any atom is 0.215 e. The Morgan fingerprint density at radius 3 is 2.87 bits per heavy atom. The molecule has 0 unspecified atom stereocenters. The first-order valence-electron chi connectivity index (χ1n) is 4.49. The van der Waals surface area contributed by atoms with Crippen molar-refractivity contribution in [3.8, 4) is 0 Å². The third-order valence-corrected chi connectivity index (χ3v) is 3.72. The molecule has 0 atom stereocenters. The maximum atomic E-state index is 11.6. The second-order valence-corrected chi connectivity index (χ2v) is 5.30. The van der Waals surface area contributed by atoms with Gasteiger partial charge in [0, 0.05) is 13.6 Å². The summed E-state index contributed by atoms with van der Waals surface area (Å²) in [6.45, 7) is 0.648. The van der Waals surface area contributed by atoms with Crippen molar-refractivity contribution < 1.29 is 8.42 Å². The quantitative estimate of drug-likeness (QED) is 0.643. The molecule has 0 aliphatic rings. The van der Waals surface area contributed by atoms with Crippen LogP contribution in [0.4, 0.5) is 0 Å². The molecule has 7 nitrogen and oxygen atoms in total. The molecule has 0 saturated carbocycles. The molecule has 0 spiro atoms. The fourth-order valence-corrected chi connectivity index (χ4v) is 2.10. The second-order valence-electron chi connectivity index (χ2n) is 3.11. The fraction of sp³-hybridized carbons (Fsp3) is 0.714. The van der Waals surface area contributed by atoms with Gasteiger partial charge in [0.1, 0.15) is 12.2 Å². The lowest BCUT2D eigenvalue weighted by atomic mass is 10.6. The predicted molar refractivity (Wildman–Crippen MR) is 55.6 cm³/mol. The van der Waals surface area contributed by atoms with E-state index in [1.165, 1.54) is 17.7 Å². The van der Waals surface area contributed by atoms with E-state index in [1.807, 2.05) is 0 Å². The smallest absolute Gasteiger partial charge is 0.215 e. The Balaban J connectivity index is 2.56. The van der Waals surface area contributed by atoms with Crippen LogP contribution in [-0.4, -0.2) is 54.3 Å². The molecule has 86 valence electrons. The zero-order chi connectivity index (χ0) is 11.3. The molecule has 1 aromatic rings. The zero-order valence-corrected chi connectivity index (χ0v) is 9.58. The van der Waals surface area contributed by atoms with Crippen LogP contribution in [0.15, 0.2) is 6.33 Å². The number of rotatable bonds is 6. The first-order chi connectivity index (χ1) is 7.06. The van der Waals surface area contributed by atoms with Crippen LogP contribution >= 0.6 is 0 Å². The number of hydrogen-bond donors (Lipinski definition) is 2. The van der Waals surface area contributed by atoms with Gasteiger partial charge in [-0.05, 0) is 7.05 Å². The van der Waals surface area contributed by atoms with Crippen molar-refractivity contribution in [2.75, 3.05) is 26.4 Å². The van der Waals surface area contributed by atoms with Crippen LogP contribution in [0.5, 0.6) is 0 Å². The summed E-state index contributed by atoms with van der Waals surface area (Å²) in [4.78, 5) is 3.86. The summed E-state index contributed by atoms with van der Waals surface area (Å²) in [5, 5.41) is 9.06. The van der Waals surface area contributed by atoms with Crippen molar-refractivity contribution in [2.24, 2.45) is 0 Å². The first kappa shape index (κ1) is 12.1. The predicted octanol–water partition coefficient (Wildman–Crippen LogP) is -1.21. The zero-order valence-electron chi connectivity index (χ0n) is 8.77. The van der Waals surface area contributed by atoms with E-state index >= 15 is 0 Å². The minimum absolute atomic E-state index is 0.0775. The summed E-state index contributed by atoms with van der Waals surface area (Å²) < 4.78 is 24.5. The summed E-state index contributed by atoms with van der Waals surface area (Å²) in [5.74, 6) is 0.610. The number of sulfonamides is 1. The van der Waals surface area contributed by atoms with E-state index in [2.05, 4.69) is 20.5 Å². The number of nitrogens with one attached hydrogen (secondary N) is 2. The fourth-order valence-electron chi connectivity index (χ4n) is 1.00. The lowest BCUT2D eigenvalue weighted by Gasteiger charge is -2.15. The van der Waals surface area contributed by atoms with Gasteiger partial charge in [-0.15, -0.1) is 0 Å². The highest BCUT2D eigenvalue weighted by molar-refractivity contribution is 7.89. The van der Waals surface area contributed by atoms with Gasteiger partial charge in [-0.2, -0.15) is 9.40 Å². The topological polar surface area (TPSA) is 91.0 Å². The monoisotopic (exact) mass is 233 g/mol. The summed E-state index contributed by atoms with van der Waals surface area (Å²) in [5.41, 5.74) is 0. The lowest BCUT2D eigenvalue weighted by molar-refractivity contribution is 0.456. The highest BCUT2D eigenvalue weighted by Gasteiger charge is 2.18. The van der Waals surface area contributed by atoms with Gasteiger partial charge < -0.3 is 5.32 Å². The summed E-state index contributed by atoms with van der Waals surface area (Å²) in [6, 6.07) is 0. The van der Waals surface area contributed by atoms with Crippen LogP contribution in [0.1, 0.15) is 5.82 Å². The molecule has 0 radical (unpaired) electrons. The van der Waals surface area contributed by atoms with Gasteiger partial charge in [0.2, 0.25) is 10.0 Å². The molecule has 1 rings (SSSR count). The molecular formula is C7H15N5O2S. The third kappa shape index (κ3) is 3.57. The average molecular weight is 233 g/mol. The third-order valence-electron chi connectivity index (χ3n) is 1.92. The van der Waals surface area contributed by atoms with Crippen molar-refractivity contribution >= 4 is 10.0 Å². The second kappa shape index (κ2) is 5.19. The van der Waals surface area contributed by atoms with Gasteiger partial charge in [0.05, 0.1) is 12.3 Å². The average Bonchev–Trinajstić information content (AvgIpc) is 2.67. The van der Waals surface area contributed by atoms with E-state index < -0.39 is 10.0 Å². The standard InChI is InChI=1S/C7H15N5O2S/c1-8-3-4-15(13,14)12(2)5-7-9-6-10-11-7/h6,8H,3-5H2,1-2H3,(H,9,10,11). The van der Waals surface area contributed by atoms with Crippen LogP contribution in [-0.2, 0) is 16.6 Å². The van der Waals surface area contributed by atoms with Crippen LogP contribution in [0.3, 0.4) is 0 Å². The number of nitrogens with zero attached hydrogens (tertiary/aromatic N) is 3. The molecule has 1 aromatic heterocycles. The molecule has 15 heavy (non-hydrogen) atoms. The van der Waals surface area contributed by atoms with E-state index in [4.69, 9.17) is 0 Å². The Bertz CT molecular complexity index is 374. The van der Waals surface area contributed by atoms with Crippen molar-refractivity contribution in [3.05, 3.63) is 12.2 Å². The number of H-pyrrole nitrogens is 1. The Morgan fingerprint density at radius 1 is 1.60 bits per heavy atom. The van der Waals surface area contributed by atoms with Gasteiger partial charge in [-0.1, -0.05) is 0 Å². The van der Waals surface area contributed by atoms with Crippen molar-refractivity contribution in [3.63, 3.8) is 0 Å². The molecule has 0 fully saturated rings. The van der Waals surface area contributed by atoms with Crippen LogP contribution in [0.2, 0.25) is 0 Å². The Labute approximate surface area is 88.9 Å². The van der Waals surface area contributed by atoms with Crippen molar-refractivity contribution in [1.82, 2.24) is 24.8 Å². The molecule has 0 aliphatic carbocycles. The maximum absolute atomic E-state index is 11.6. The molecule has 0 aliphatic heterocycles. The number of aromatic nitrogens is 3. The molecule has 1 heterocycles. The van der Waals surface area contributed by atoms with E-state index in [0.29, 0.717) is 12.4 Å². The minimum Gasteiger partial charge on any atom is -0.319 e. The van der Waals surface area contributed by atoms with Gasteiger partial charge >= 0.3 is 0 Å². The summed E-state index contributed by atoms with van der Waals surface area (Å²) in [7, 11) is 0.0201. The molecule has 0 amide bonds. The molecule has 0 bridgehead atoms. The SMILES string of the molecule is CNCCS(=O)(=O)N(C)Cc1ncn[nH]1. The van der Waals surface area contributed by atoms with E-state index in [0.717, 1.165) is 0 Å². The molecule has 8 heteroatoms. The van der Waals surface area contributed by atoms with Crippen molar-refractivity contribution in [1.29, 1.82) is 0 Å². The van der Waals surface area contributed by atoms with Crippen molar-refractivity contribution in [2.45, 2.75) is 6.54 Å². The highest BCUT2D eigenvalue weighted by atomic mass is 32.2. The summed E-state index contributed by atoms with van der Waals surface area (Å²) in [6.07, 6.45) is 1.35. The van der Waals surface area contributed by atoms with E-state index in [9.17, 15) is 8.42 Å². The van der Waals surface area contributed by atoms with E-state index in [1.54, 1.807) is 7.05 Å². The van der Waals surface area contributed by atoms with Gasteiger partial charge in [0.15, 0.2) is 0 Å². The number of hydrogen-bond acceptors (Lipinski definition) is 5. The molecule has 0 aromatic carbocycles. The van der Waals surface area contributed by atoms with Gasteiger partial charge in [0.25, 0.3) is 0 Å². The van der Waals surface area contributed by atoms with Gasteiger partial charge in [-0.25, -0.2) is 13.4 Å². The Kier molecular flexibility index (Phi) is 4.18. The van der Waals surface area contributed by atoms with Crippen LogP contribution in [0.25, 0.3) is 0 Å². The molecule has 0 saturated heterocycles. The van der Waals surface area contributed by atoms with E-state index in [-0.39, 0.29) is 12.3 Å². The van der Waals surface area contributed by atoms with Crippen LogP contribution < -0.4 is 5.32 Å². The van der Waals surface area contributed by atoms with Crippen LogP contribution in [0, 0.1) is 0 Å². The molecule has 2 N–H and O–H groups in total. The Morgan fingerprint density at radius 2 is 2.33 bits per heavy atom. The minimum atomic E-state index is -3.22.